The van der Waals surface area contributed by atoms with Gasteiger partial charge >= 0.3 is 5.97 Å². The second-order valence-corrected chi connectivity index (χ2v) is 8.10. The molecule has 0 rings (SSSR count). The molecule has 0 aliphatic rings. The number of carbonyl (C=O) groups excluding carboxylic acids is 1. The number of ether oxygens (including phenoxy) is 1. The lowest BCUT2D eigenvalue weighted by Gasteiger charge is -2.26. The Morgan fingerprint density at radius 1 is 0.875 bits per heavy atom. The fourth-order valence-corrected chi connectivity index (χ4v) is 2.88. The molecule has 0 aliphatic heterocycles. The van der Waals surface area contributed by atoms with Gasteiger partial charge in [0, 0.05) is 6.42 Å². The summed E-state index contributed by atoms with van der Waals surface area (Å²) >= 11 is 0. The van der Waals surface area contributed by atoms with Crippen molar-refractivity contribution in [3.8, 4) is 0 Å². The van der Waals surface area contributed by atoms with E-state index in [0.717, 1.165) is 12.8 Å². The fourth-order valence-electron chi connectivity index (χ4n) is 2.88. The van der Waals surface area contributed by atoms with Crippen LogP contribution in [0, 0.1) is 0 Å². The average Bonchev–Trinajstić information content (AvgIpc) is 2.49. The first-order valence-corrected chi connectivity index (χ1v) is 9.99. The van der Waals surface area contributed by atoms with Crippen LogP contribution in [0.2, 0.25) is 0 Å². The molecule has 0 aliphatic carbocycles. The number of quaternary nitrogens is 1. The fraction of sp³-hybridized carbons (Fsp3) is 0.950. The first-order chi connectivity index (χ1) is 11.3. The third-order valence-electron chi connectivity index (χ3n) is 4.18. The van der Waals surface area contributed by atoms with E-state index in [1.807, 2.05) is 21.1 Å². The van der Waals surface area contributed by atoms with Gasteiger partial charge in [-0.05, 0) is 6.42 Å². The highest BCUT2D eigenvalue weighted by Gasteiger charge is 2.17. The molecule has 0 saturated heterocycles. The zero-order valence-electron chi connectivity index (χ0n) is 16.7. The Hall–Kier alpha value is -0.610. The Morgan fingerprint density at radius 3 is 1.79 bits per heavy atom. The van der Waals surface area contributed by atoms with E-state index in [1.54, 1.807) is 0 Å². The summed E-state index contributed by atoms with van der Waals surface area (Å²) in [5.41, 5.74) is 0. The van der Waals surface area contributed by atoms with E-state index < -0.39 is 6.10 Å². The zero-order valence-corrected chi connectivity index (χ0v) is 16.7. The van der Waals surface area contributed by atoms with Crippen molar-refractivity contribution >= 4 is 5.97 Å². The molecule has 0 fully saturated rings. The maximum Gasteiger partial charge on any atom is 0.305 e. The normalized spacial score (nSPS) is 13.0. The molecule has 0 aromatic rings. The molecule has 0 amide bonds. The molecular weight excluding hydrogens is 302 g/mol. The summed E-state index contributed by atoms with van der Waals surface area (Å²) in [6.07, 6.45) is 13.9. The van der Waals surface area contributed by atoms with Crippen molar-refractivity contribution in [2.75, 3.05) is 34.3 Å². The molecule has 0 spiro atoms. The summed E-state index contributed by atoms with van der Waals surface area (Å²) in [4.78, 5) is 11.6. The summed E-state index contributed by atoms with van der Waals surface area (Å²) in [6.45, 7) is 2.96. The van der Waals surface area contributed by atoms with E-state index in [1.165, 1.54) is 57.8 Å². The molecule has 24 heavy (non-hydrogen) atoms. The second-order valence-electron chi connectivity index (χ2n) is 8.10. The quantitative estimate of drug-likeness (QED) is 0.258. The monoisotopic (exact) mass is 344 g/mol. The van der Waals surface area contributed by atoms with Crippen molar-refractivity contribution in [2.45, 2.75) is 90.1 Å². The Balaban J connectivity index is 3.34. The Kier molecular flexibility index (Phi) is 14.3. The van der Waals surface area contributed by atoms with Crippen LogP contribution in [0.3, 0.4) is 0 Å². The lowest BCUT2D eigenvalue weighted by molar-refractivity contribution is -0.873. The van der Waals surface area contributed by atoms with Crippen molar-refractivity contribution in [2.24, 2.45) is 0 Å². The largest absolute Gasteiger partial charge is 0.463 e. The first kappa shape index (κ1) is 23.4. The van der Waals surface area contributed by atoms with Gasteiger partial charge in [0.2, 0.25) is 0 Å². The summed E-state index contributed by atoms with van der Waals surface area (Å²) in [5.74, 6) is -0.175. The van der Waals surface area contributed by atoms with Crippen LogP contribution in [0.4, 0.5) is 0 Å². The Labute approximate surface area is 150 Å². The number of esters is 1. The lowest BCUT2D eigenvalue weighted by Crippen LogP contribution is -2.43. The van der Waals surface area contributed by atoms with E-state index in [4.69, 9.17) is 4.74 Å². The van der Waals surface area contributed by atoms with E-state index >= 15 is 0 Å². The van der Waals surface area contributed by atoms with Crippen LogP contribution >= 0.6 is 0 Å². The van der Waals surface area contributed by atoms with Crippen molar-refractivity contribution in [1.82, 2.24) is 0 Å². The SMILES string of the molecule is CCCCCCCCCCCCCC(=O)OCC(O)C[N+](C)(C)C. The maximum absolute atomic E-state index is 11.6. The van der Waals surface area contributed by atoms with Gasteiger partial charge in [-0.3, -0.25) is 4.79 Å². The maximum atomic E-state index is 11.6. The van der Waals surface area contributed by atoms with Crippen LogP contribution in [-0.4, -0.2) is 56.0 Å². The van der Waals surface area contributed by atoms with E-state index in [9.17, 15) is 9.90 Å². The van der Waals surface area contributed by atoms with Gasteiger partial charge < -0.3 is 14.3 Å². The number of carbonyl (C=O) groups is 1. The van der Waals surface area contributed by atoms with Crippen molar-refractivity contribution in [3.63, 3.8) is 0 Å². The molecule has 1 N–H and O–H groups in total. The van der Waals surface area contributed by atoms with E-state index in [0.29, 0.717) is 17.4 Å². The van der Waals surface area contributed by atoms with Crippen LogP contribution in [-0.2, 0) is 9.53 Å². The van der Waals surface area contributed by atoms with Gasteiger partial charge in [0.25, 0.3) is 0 Å². The third-order valence-corrected chi connectivity index (χ3v) is 4.18. The van der Waals surface area contributed by atoms with Crippen LogP contribution in [0.25, 0.3) is 0 Å². The highest BCUT2D eigenvalue weighted by Crippen LogP contribution is 2.12. The van der Waals surface area contributed by atoms with E-state index in [2.05, 4.69) is 6.92 Å². The molecule has 0 bridgehead atoms. The molecule has 0 radical (unpaired) electrons. The standard InChI is InChI=1S/C20H42NO3/c1-5-6-7-8-9-10-11-12-13-14-15-16-20(23)24-18-19(22)17-21(2,3)4/h19,22H,5-18H2,1-4H3/q+1. The smallest absolute Gasteiger partial charge is 0.305 e. The molecule has 4 heteroatoms. The first-order valence-electron chi connectivity index (χ1n) is 9.99. The van der Waals surface area contributed by atoms with Crippen molar-refractivity contribution < 1.29 is 19.1 Å². The Bertz CT molecular complexity index is 300. The summed E-state index contributed by atoms with van der Waals surface area (Å²) < 4.78 is 5.81. The molecule has 1 unspecified atom stereocenters. The molecular formula is C20H42NO3+. The topological polar surface area (TPSA) is 46.5 Å². The third kappa shape index (κ3) is 17.7. The van der Waals surface area contributed by atoms with Gasteiger partial charge in [0.05, 0.1) is 21.1 Å². The molecule has 0 aromatic heterocycles. The number of aliphatic hydroxyl groups excluding tert-OH is 1. The molecule has 4 nitrogen and oxygen atoms in total. The van der Waals surface area contributed by atoms with Crippen LogP contribution in [0.15, 0.2) is 0 Å². The highest BCUT2D eigenvalue weighted by atomic mass is 16.5. The van der Waals surface area contributed by atoms with Gasteiger partial charge in [-0.15, -0.1) is 0 Å². The summed E-state index contributed by atoms with van der Waals surface area (Å²) in [7, 11) is 6.03. The number of unbranched alkanes of at least 4 members (excludes halogenated alkanes) is 10. The number of likely N-dealkylation sites (N-methyl/N-ethyl adjacent to an activating group) is 1. The molecule has 0 aromatic carbocycles. The van der Waals surface area contributed by atoms with Gasteiger partial charge in [-0.2, -0.15) is 0 Å². The van der Waals surface area contributed by atoms with Crippen molar-refractivity contribution in [3.05, 3.63) is 0 Å². The number of nitrogens with zero attached hydrogens (tertiary/aromatic N) is 1. The minimum atomic E-state index is -0.578. The number of rotatable bonds is 16. The van der Waals surface area contributed by atoms with Gasteiger partial charge in [-0.1, -0.05) is 71.1 Å². The highest BCUT2D eigenvalue weighted by molar-refractivity contribution is 5.69. The molecule has 1 atom stereocenters. The van der Waals surface area contributed by atoms with Gasteiger partial charge in [0.15, 0.2) is 0 Å². The minimum Gasteiger partial charge on any atom is -0.463 e. The number of hydrogen-bond donors (Lipinski definition) is 1. The predicted molar refractivity (Wildman–Crippen MR) is 101 cm³/mol. The van der Waals surface area contributed by atoms with Crippen LogP contribution < -0.4 is 0 Å². The minimum absolute atomic E-state index is 0.117. The predicted octanol–water partition coefficient (Wildman–Crippen LogP) is 4.30. The average molecular weight is 345 g/mol. The Morgan fingerprint density at radius 2 is 1.33 bits per heavy atom. The summed E-state index contributed by atoms with van der Waals surface area (Å²) in [5, 5.41) is 9.80. The van der Waals surface area contributed by atoms with Crippen molar-refractivity contribution in [1.29, 1.82) is 0 Å². The number of hydrogen-bond acceptors (Lipinski definition) is 3. The molecule has 0 heterocycles. The zero-order chi connectivity index (χ0) is 18.3. The van der Waals surface area contributed by atoms with E-state index in [-0.39, 0.29) is 12.6 Å². The van der Waals surface area contributed by atoms with Gasteiger partial charge in [-0.25, -0.2) is 0 Å². The molecule has 144 valence electrons. The van der Waals surface area contributed by atoms with Crippen LogP contribution in [0.1, 0.15) is 84.0 Å². The van der Waals surface area contributed by atoms with Crippen LogP contribution in [0.5, 0.6) is 0 Å². The van der Waals surface area contributed by atoms with Gasteiger partial charge in [0.1, 0.15) is 19.3 Å². The number of aliphatic hydroxyl groups is 1. The molecule has 0 saturated carbocycles. The summed E-state index contributed by atoms with van der Waals surface area (Å²) in [6, 6.07) is 0. The lowest BCUT2D eigenvalue weighted by atomic mass is 10.1. The second kappa shape index (κ2) is 14.7.